The summed E-state index contributed by atoms with van der Waals surface area (Å²) >= 11 is 0. The number of carbonyl (C=O) groups is 3. The Morgan fingerprint density at radius 1 is 1.02 bits per heavy atom. The van der Waals surface area contributed by atoms with E-state index >= 15 is 0 Å². The highest BCUT2D eigenvalue weighted by Crippen LogP contribution is 2.28. The van der Waals surface area contributed by atoms with Crippen LogP contribution in [0.5, 0.6) is 5.75 Å². The van der Waals surface area contributed by atoms with Gasteiger partial charge in [0.25, 0.3) is 0 Å². The number of anilines is 1. The molecule has 0 radical (unpaired) electrons. The van der Waals surface area contributed by atoms with Crippen LogP contribution in [0.15, 0.2) is 42.7 Å². The maximum atomic E-state index is 13.2. The third-order valence-corrected chi connectivity index (χ3v) is 5.49. The Balaban J connectivity index is 1.81. The summed E-state index contributed by atoms with van der Waals surface area (Å²) in [7, 11) is 0. The Morgan fingerprint density at radius 3 is 2.45 bits per heavy atom. The smallest absolute Gasteiger partial charge is 0.416 e. The summed E-state index contributed by atoms with van der Waals surface area (Å²) < 4.78 is 23.3. The molecule has 12 nitrogen and oxygen atoms in total. The van der Waals surface area contributed by atoms with Crippen LogP contribution >= 0.6 is 0 Å². The van der Waals surface area contributed by atoms with Crippen LogP contribution in [0.2, 0.25) is 0 Å². The van der Waals surface area contributed by atoms with Gasteiger partial charge in [-0.05, 0) is 78.6 Å². The number of nitrogens with one attached hydrogen (secondary N) is 1. The average molecular weight is 584 g/mol. The van der Waals surface area contributed by atoms with Crippen LogP contribution < -0.4 is 15.0 Å². The zero-order valence-electron chi connectivity index (χ0n) is 25.4. The number of ether oxygens (including phenoxy) is 4. The maximum absolute atomic E-state index is 13.2. The molecule has 1 N–H and O–H groups in total. The van der Waals surface area contributed by atoms with E-state index in [4.69, 9.17) is 23.9 Å². The van der Waals surface area contributed by atoms with E-state index in [2.05, 4.69) is 10.4 Å². The lowest BCUT2D eigenvalue weighted by Gasteiger charge is -2.27. The fourth-order valence-corrected chi connectivity index (χ4v) is 3.81. The van der Waals surface area contributed by atoms with Gasteiger partial charge < -0.3 is 24.3 Å². The van der Waals surface area contributed by atoms with Gasteiger partial charge >= 0.3 is 18.2 Å². The van der Waals surface area contributed by atoms with Crippen molar-refractivity contribution in [1.82, 2.24) is 19.9 Å². The largest absolute Gasteiger partial charge is 0.494 e. The molecule has 0 fully saturated rings. The van der Waals surface area contributed by atoms with Crippen molar-refractivity contribution in [2.24, 2.45) is 0 Å². The molecule has 2 heterocycles. The molecule has 0 unspecified atom stereocenters. The number of hydrogen-bond donors (Lipinski definition) is 1. The van der Waals surface area contributed by atoms with Crippen molar-refractivity contribution in [3.63, 3.8) is 0 Å². The van der Waals surface area contributed by atoms with Gasteiger partial charge in [0, 0.05) is 31.3 Å². The molecule has 0 atom stereocenters. The van der Waals surface area contributed by atoms with E-state index < -0.39 is 23.4 Å². The lowest BCUT2D eigenvalue weighted by molar-refractivity contribution is -0.143. The van der Waals surface area contributed by atoms with Crippen molar-refractivity contribution < 1.29 is 33.3 Å². The van der Waals surface area contributed by atoms with Crippen molar-refractivity contribution in [1.29, 1.82) is 0 Å². The monoisotopic (exact) mass is 583 g/mol. The zero-order valence-corrected chi connectivity index (χ0v) is 25.4. The summed E-state index contributed by atoms with van der Waals surface area (Å²) in [6, 6.07) is 9.13. The molecule has 2 amide bonds. The molecule has 3 rings (SSSR count). The summed E-state index contributed by atoms with van der Waals surface area (Å²) in [5.74, 6) is 0.718. The molecule has 1 aromatic carbocycles. The third-order valence-electron chi connectivity index (χ3n) is 5.49. The number of aromatic nitrogens is 3. The Labute approximate surface area is 246 Å². The van der Waals surface area contributed by atoms with Crippen LogP contribution in [0.1, 0.15) is 61.3 Å². The van der Waals surface area contributed by atoms with Gasteiger partial charge in [0.05, 0.1) is 19.4 Å². The molecule has 12 heteroatoms. The van der Waals surface area contributed by atoms with Gasteiger partial charge in [-0.3, -0.25) is 9.69 Å². The quantitative estimate of drug-likeness (QED) is 0.179. The number of nitrogens with zero attached hydrogens (tertiary/aromatic N) is 4. The average Bonchev–Trinajstić information content (AvgIpc) is 3.31. The number of esters is 1. The van der Waals surface area contributed by atoms with Gasteiger partial charge in [-0.1, -0.05) is 12.1 Å². The van der Waals surface area contributed by atoms with Crippen LogP contribution in [0.25, 0.3) is 16.8 Å². The summed E-state index contributed by atoms with van der Waals surface area (Å²) in [4.78, 5) is 43.0. The number of carbonyl (C=O) groups excluding carboxylic acids is 3. The third kappa shape index (κ3) is 9.93. The summed E-state index contributed by atoms with van der Waals surface area (Å²) in [6.07, 6.45) is 3.02. The summed E-state index contributed by atoms with van der Waals surface area (Å²) in [5, 5.41) is 7.09. The minimum absolute atomic E-state index is 0.0932. The molecule has 42 heavy (non-hydrogen) atoms. The fraction of sp³-hybridized carbons (Fsp3) is 0.500. The van der Waals surface area contributed by atoms with Gasteiger partial charge in [0.15, 0.2) is 5.65 Å². The highest BCUT2D eigenvalue weighted by atomic mass is 16.6. The molecular formula is C30H41N5O7. The van der Waals surface area contributed by atoms with Crippen molar-refractivity contribution in [2.75, 3.05) is 31.2 Å². The van der Waals surface area contributed by atoms with Crippen LogP contribution in [0, 0.1) is 0 Å². The summed E-state index contributed by atoms with van der Waals surface area (Å²) in [5.41, 5.74) is 0.667. The number of benzene rings is 1. The molecule has 2 aromatic heterocycles. The van der Waals surface area contributed by atoms with E-state index in [9.17, 15) is 14.4 Å². The van der Waals surface area contributed by atoms with Gasteiger partial charge in [0.1, 0.15) is 22.8 Å². The SMILES string of the molecule is CCOC(=O)CCCOc1cccc(-c2cnn3ccc(N(CCNC(=O)OC(C)(C)C)C(=O)OC(C)(C)C)nc23)c1. The number of hydrogen-bond acceptors (Lipinski definition) is 9. The minimum Gasteiger partial charge on any atom is -0.494 e. The Morgan fingerprint density at radius 2 is 1.76 bits per heavy atom. The first-order valence-corrected chi connectivity index (χ1v) is 14.0. The normalized spacial score (nSPS) is 11.6. The topological polar surface area (TPSA) is 134 Å². The van der Waals surface area contributed by atoms with Crippen LogP contribution in [-0.4, -0.2) is 70.3 Å². The second kappa shape index (κ2) is 14.0. The van der Waals surface area contributed by atoms with Gasteiger partial charge in [-0.25, -0.2) is 19.1 Å². The van der Waals surface area contributed by atoms with E-state index in [0.717, 1.165) is 11.1 Å². The zero-order chi connectivity index (χ0) is 30.9. The van der Waals surface area contributed by atoms with E-state index in [1.165, 1.54) is 4.90 Å². The second-order valence-electron chi connectivity index (χ2n) is 11.5. The lowest BCUT2D eigenvalue weighted by atomic mass is 10.1. The molecule has 0 saturated heterocycles. The number of alkyl carbamates (subject to hydrolysis) is 1. The highest BCUT2D eigenvalue weighted by Gasteiger charge is 2.25. The van der Waals surface area contributed by atoms with E-state index in [1.54, 1.807) is 71.4 Å². The van der Waals surface area contributed by atoms with Crippen molar-refractivity contribution in [3.8, 4) is 16.9 Å². The second-order valence-corrected chi connectivity index (χ2v) is 11.5. The van der Waals surface area contributed by atoms with E-state index in [-0.39, 0.29) is 25.5 Å². The predicted octanol–water partition coefficient (Wildman–Crippen LogP) is 5.38. The van der Waals surface area contributed by atoms with E-state index in [0.29, 0.717) is 36.8 Å². The van der Waals surface area contributed by atoms with Crippen molar-refractivity contribution in [3.05, 3.63) is 42.7 Å². The van der Waals surface area contributed by atoms with Crippen LogP contribution in [-0.2, 0) is 19.0 Å². The van der Waals surface area contributed by atoms with Crippen molar-refractivity contribution in [2.45, 2.75) is 72.5 Å². The van der Waals surface area contributed by atoms with Crippen LogP contribution in [0.3, 0.4) is 0 Å². The maximum Gasteiger partial charge on any atom is 0.416 e. The predicted molar refractivity (Wildman–Crippen MR) is 158 cm³/mol. The first-order chi connectivity index (χ1) is 19.8. The first-order valence-electron chi connectivity index (χ1n) is 14.0. The van der Waals surface area contributed by atoms with Crippen molar-refractivity contribution >= 4 is 29.6 Å². The molecule has 228 valence electrons. The molecule has 0 saturated carbocycles. The number of rotatable bonds is 11. The molecule has 0 aliphatic heterocycles. The number of fused-ring (bicyclic) bond motifs is 1. The van der Waals surface area contributed by atoms with Gasteiger partial charge in [-0.2, -0.15) is 5.10 Å². The Bertz CT molecular complexity index is 1370. The highest BCUT2D eigenvalue weighted by molar-refractivity contribution is 5.88. The molecule has 0 bridgehead atoms. The van der Waals surface area contributed by atoms with Gasteiger partial charge in [0.2, 0.25) is 0 Å². The Hall–Kier alpha value is -4.35. The standard InChI is InChI=1S/C30H41N5O7/c1-8-39-25(36)13-10-18-40-22-12-9-11-21(19-22)23-20-32-35-16-14-24(33-26(23)35)34(28(38)42-30(5,6)7)17-15-31-27(37)41-29(2,3)4/h9,11-12,14,16,19-20H,8,10,13,15,17-18H2,1-7H3,(H,31,37). The number of amides is 2. The lowest BCUT2D eigenvalue weighted by Crippen LogP contribution is -2.43. The molecular weight excluding hydrogens is 542 g/mol. The first kappa shape index (κ1) is 32.2. The van der Waals surface area contributed by atoms with Crippen LogP contribution in [0.4, 0.5) is 15.4 Å². The summed E-state index contributed by atoms with van der Waals surface area (Å²) in [6.45, 7) is 13.4. The molecule has 0 spiro atoms. The Kier molecular flexibility index (Phi) is 10.7. The molecule has 0 aliphatic rings. The van der Waals surface area contributed by atoms with E-state index in [1.807, 2.05) is 24.3 Å². The molecule has 3 aromatic rings. The minimum atomic E-state index is -0.740. The fourth-order valence-electron chi connectivity index (χ4n) is 3.81. The van der Waals surface area contributed by atoms with Gasteiger partial charge in [-0.15, -0.1) is 0 Å². The molecule has 0 aliphatic carbocycles.